The minimum Gasteiger partial charge on any atom is -0.497 e. The summed E-state index contributed by atoms with van der Waals surface area (Å²) in [5, 5.41) is 3.67. The molecule has 0 spiro atoms. The Labute approximate surface area is 132 Å². The van der Waals surface area contributed by atoms with Crippen molar-refractivity contribution >= 4 is 28.5 Å². The Morgan fingerprint density at radius 1 is 1.17 bits per heavy atom. The summed E-state index contributed by atoms with van der Waals surface area (Å²) in [4.78, 5) is 27.6. The molecule has 7 nitrogen and oxygen atoms in total. The third kappa shape index (κ3) is 3.76. The first-order chi connectivity index (χ1) is 11.1. The summed E-state index contributed by atoms with van der Waals surface area (Å²) in [6, 6.07) is 7.13. The minimum atomic E-state index is -0.706. The molecule has 2 aromatic rings. The standard InChI is InChI=1S/C16H16N2O5/c1-21-11-7-10-5-4-6-17-15(10)12(8-11)18-13(16(20)23-3)9-14(19)22-2/h4-9,18H,1-3H3/b13-9-. The van der Waals surface area contributed by atoms with E-state index in [2.05, 4.69) is 19.8 Å². The van der Waals surface area contributed by atoms with Gasteiger partial charge in [0.1, 0.15) is 11.4 Å². The van der Waals surface area contributed by atoms with Crippen LogP contribution in [0.2, 0.25) is 0 Å². The number of anilines is 1. The molecule has 0 amide bonds. The number of carbonyl (C=O) groups excluding carboxylic acids is 2. The predicted molar refractivity (Wildman–Crippen MR) is 84.0 cm³/mol. The van der Waals surface area contributed by atoms with Crippen molar-refractivity contribution in [2.75, 3.05) is 26.6 Å². The summed E-state index contributed by atoms with van der Waals surface area (Å²) in [5.74, 6) is -0.810. The van der Waals surface area contributed by atoms with Gasteiger partial charge in [-0.25, -0.2) is 9.59 Å². The molecule has 0 fully saturated rings. The molecule has 0 aliphatic carbocycles. The van der Waals surface area contributed by atoms with E-state index in [0.717, 1.165) is 11.5 Å². The van der Waals surface area contributed by atoms with Crippen molar-refractivity contribution in [2.45, 2.75) is 0 Å². The van der Waals surface area contributed by atoms with E-state index in [9.17, 15) is 9.59 Å². The van der Waals surface area contributed by atoms with Crippen LogP contribution in [0.25, 0.3) is 10.9 Å². The smallest absolute Gasteiger partial charge is 0.354 e. The van der Waals surface area contributed by atoms with Gasteiger partial charge in [-0.1, -0.05) is 6.07 Å². The number of fused-ring (bicyclic) bond motifs is 1. The summed E-state index contributed by atoms with van der Waals surface area (Å²) >= 11 is 0. The van der Waals surface area contributed by atoms with Crippen molar-refractivity contribution in [1.29, 1.82) is 0 Å². The van der Waals surface area contributed by atoms with Crippen molar-refractivity contribution in [3.05, 3.63) is 42.2 Å². The fourth-order valence-electron chi connectivity index (χ4n) is 1.96. The van der Waals surface area contributed by atoms with Gasteiger partial charge in [0, 0.05) is 17.6 Å². The van der Waals surface area contributed by atoms with Crippen molar-refractivity contribution in [3.63, 3.8) is 0 Å². The molecule has 2 rings (SSSR count). The van der Waals surface area contributed by atoms with Crippen LogP contribution in [0.3, 0.4) is 0 Å². The van der Waals surface area contributed by atoms with Gasteiger partial charge in [0.05, 0.1) is 38.6 Å². The number of pyridine rings is 1. The van der Waals surface area contributed by atoms with Gasteiger partial charge in [0.25, 0.3) is 0 Å². The summed E-state index contributed by atoms with van der Waals surface area (Å²) in [6.45, 7) is 0. The number of nitrogens with one attached hydrogen (secondary N) is 1. The minimum absolute atomic E-state index is 0.0699. The van der Waals surface area contributed by atoms with E-state index in [1.165, 1.54) is 21.3 Å². The van der Waals surface area contributed by atoms with Gasteiger partial charge in [-0.3, -0.25) is 4.98 Å². The van der Waals surface area contributed by atoms with Crippen molar-refractivity contribution in [1.82, 2.24) is 4.98 Å². The third-order valence-electron chi connectivity index (χ3n) is 3.05. The van der Waals surface area contributed by atoms with Crippen LogP contribution in [-0.4, -0.2) is 38.3 Å². The SMILES string of the molecule is COC(=O)/C=C(\Nc1cc(OC)cc2cccnc12)C(=O)OC. The van der Waals surface area contributed by atoms with Crippen LogP contribution in [0.5, 0.6) is 5.75 Å². The predicted octanol–water partition coefficient (Wildman–Crippen LogP) is 1.89. The highest BCUT2D eigenvalue weighted by molar-refractivity contribution is 6.01. The summed E-state index contributed by atoms with van der Waals surface area (Å²) in [6.07, 6.45) is 2.64. The average molecular weight is 316 g/mol. The Bertz CT molecular complexity index is 770. The Kier molecular flexibility index (Phi) is 5.14. The molecule has 0 saturated carbocycles. The zero-order chi connectivity index (χ0) is 16.8. The fraction of sp³-hybridized carbons (Fsp3) is 0.188. The molecule has 1 aromatic carbocycles. The van der Waals surface area contributed by atoms with Crippen LogP contribution < -0.4 is 10.1 Å². The highest BCUT2D eigenvalue weighted by atomic mass is 16.5. The zero-order valence-electron chi connectivity index (χ0n) is 13.0. The first kappa shape index (κ1) is 16.3. The lowest BCUT2D eigenvalue weighted by Crippen LogP contribution is -2.15. The summed E-state index contributed by atoms with van der Waals surface area (Å²) < 4.78 is 14.5. The highest BCUT2D eigenvalue weighted by Gasteiger charge is 2.15. The number of ether oxygens (including phenoxy) is 3. The number of aromatic nitrogens is 1. The molecule has 23 heavy (non-hydrogen) atoms. The first-order valence-electron chi connectivity index (χ1n) is 6.66. The van der Waals surface area contributed by atoms with Crippen LogP contribution in [0, 0.1) is 0 Å². The summed E-state index contributed by atoms with van der Waals surface area (Å²) in [7, 11) is 3.97. The molecule has 0 unspecified atom stereocenters. The lowest BCUT2D eigenvalue weighted by atomic mass is 10.1. The van der Waals surface area contributed by atoms with Gasteiger partial charge >= 0.3 is 11.9 Å². The van der Waals surface area contributed by atoms with Crippen molar-refractivity contribution in [3.8, 4) is 5.75 Å². The molecule has 0 atom stereocenters. The van der Waals surface area contributed by atoms with Gasteiger partial charge in [-0.2, -0.15) is 0 Å². The lowest BCUT2D eigenvalue weighted by molar-refractivity contribution is -0.138. The number of esters is 2. The molecule has 0 bridgehead atoms. The largest absolute Gasteiger partial charge is 0.497 e. The van der Waals surface area contributed by atoms with E-state index >= 15 is 0 Å². The lowest BCUT2D eigenvalue weighted by Gasteiger charge is -2.12. The second kappa shape index (κ2) is 7.26. The van der Waals surface area contributed by atoms with Gasteiger partial charge < -0.3 is 19.5 Å². The number of hydrogen-bond donors (Lipinski definition) is 1. The van der Waals surface area contributed by atoms with Gasteiger partial charge in [-0.05, 0) is 12.1 Å². The second-order valence-electron chi connectivity index (χ2n) is 4.45. The number of benzene rings is 1. The molecule has 1 N–H and O–H groups in total. The number of rotatable bonds is 5. The molecule has 1 heterocycles. The van der Waals surface area contributed by atoms with E-state index in [0.29, 0.717) is 17.0 Å². The zero-order valence-corrected chi connectivity index (χ0v) is 13.0. The van der Waals surface area contributed by atoms with Gasteiger partial charge in [-0.15, -0.1) is 0 Å². The molecule has 0 radical (unpaired) electrons. The topological polar surface area (TPSA) is 86.8 Å². The summed E-state index contributed by atoms with van der Waals surface area (Å²) in [5.41, 5.74) is 1.05. The normalized spacial score (nSPS) is 11.0. The molecular weight excluding hydrogens is 300 g/mol. The number of methoxy groups -OCH3 is 3. The van der Waals surface area contributed by atoms with Crippen LogP contribution in [0.4, 0.5) is 5.69 Å². The van der Waals surface area contributed by atoms with E-state index in [4.69, 9.17) is 4.74 Å². The fourth-order valence-corrected chi connectivity index (χ4v) is 1.96. The van der Waals surface area contributed by atoms with E-state index in [1.54, 1.807) is 18.3 Å². The Morgan fingerprint density at radius 3 is 2.61 bits per heavy atom. The maximum absolute atomic E-state index is 11.8. The molecule has 0 aliphatic rings. The van der Waals surface area contributed by atoms with E-state index < -0.39 is 11.9 Å². The van der Waals surface area contributed by atoms with Crippen molar-refractivity contribution in [2.24, 2.45) is 0 Å². The van der Waals surface area contributed by atoms with Gasteiger partial charge in [0.15, 0.2) is 0 Å². The monoisotopic (exact) mass is 316 g/mol. The highest BCUT2D eigenvalue weighted by Crippen LogP contribution is 2.28. The Balaban J connectivity index is 2.51. The van der Waals surface area contributed by atoms with Crippen LogP contribution in [-0.2, 0) is 19.1 Å². The molecule has 1 aromatic heterocycles. The molecule has 0 aliphatic heterocycles. The van der Waals surface area contributed by atoms with Crippen LogP contribution in [0.1, 0.15) is 0 Å². The molecule has 120 valence electrons. The maximum atomic E-state index is 11.8. The van der Waals surface area contributed by atoms with Gasteiger partial charge in [0.2, 0.25) is 0 Å². The van der Waals surface area contributed by atoms with E-state index in [1.807, 2.05) is 12.1 Å². The molecular formula is C16H16N2O5. The van der Waals surface area contributed by atoms with E-state index in [-0.39, 0.29) is 5.70 Å². The van der Waals surface area contributed by atoms with Crippen LogP contribution >= 0.6 is 0 Å². The first-order valence-corrected chi connectivity index (χ1v) is 6.66. The maximum Gasteiger partial charge on any atom is 0.354 e. The third-order valence-corrected chi connectivity index (χ3v) is 3.05. The number of nitrogens with zero attached hydrogens (tertiary/aromatic N) is 1. The Morgan fingerprint density at radius 2 is 1.96 bits per heavy atom. The van der Waals surface area contributed by atoms with Crippen LogP contribution in [0.15, 0.2) is 42.2 Å². The molecule has 7 heteroatoms. The van der Waals surface area contributed by atoms with Crippen molar-refractivity contribution < 1.29 is 23.8 Å². The molecule has 0 saturated heterocycles. The Hall–Kier alpha value is -3.09. The number of hydrogen-bond acceptors (Lipinski definition) is 7. The second-order valence-corrected chi connectivity index (χ2v) is 4.45. The number of carbonyl (C=O) groups is 2. The quantitative estimate of drug-likeness (QED) is 0.665. The average Bonchev–Trinajstić information content (AvgIpc) is 2.59.